The summed E-state index contributed by atoms with van der Waals surface area (Å²) >= 11 is 5.85. The number of rotatable bonds is 2. The number of halogens is 1. The van der Waals surface area contributed by atoms with Crippen LogP contribution in [0.1, 0.15) is 19.4 Å². The second-order valence-corrected chi connectivity index (χ2v) is 3.75. The van der Waals surface area contributed by atoms with Crippen molar-refractivity contribution < 1.29 is 9.90 Å². The standard InChI is InChI=1S/C9H11ClN2O2/c1-9(2,12-8(13)14)6-4-3-5-11-7(6)10/h3-5,12H,1-2H3,(H,13,14). The number of pyridine rings is 1. The fourth-order valence-corrected chi connectivity index (χ4v) is 1.54. The molecular weight excluding hydrogens is 204 g/mol. The van der Waals surface area contributed by atoms with Crippen LogP contribution in [-0.4, -0.2) is 16.2 Å². The molecule has 76 valence electrons. The van der Waals surface area contributed by atoms with E-state index in [0.717, 1.165) is 0 Å². The quantitative estimate of drug-likeness (QED) is 0.743. The first-order valence-corrected chi connectivity index (χ1v) is 4.43. The third kappa shape index (κ3) is 2.35. The number of carboxylic acid groups (broad SMARTS) is 1. The molecule has 0 saturated heterocycles. The number of hydrogen-bond donors (Lipinski definition) is 2. The van der Waals surface area contributed by atoms with Crippen molar-refractivity contribution in [2.75, 3.05) is 0 Å². The lowest BCUT2D eigenvalue weighted by molar-refractivity contribution is 0.182. The molecule has 0 aliphatic rings. The Bertz CT molecular complexity index is 352. The minimum Gasteiger partial charge on any atom is -0.465 e. The molecule has 2 N–H and O–H groups in total. The van der Waals surface area contributed by atoms with Crippen molar-refractivity contribution in [1.82, 2.24) is 10.3 Å². The van der Waals surface area contributed by atoms with Crippen molar-refractivity contribution >= 4 is 17.7 Å². The van der Waals surface area contributed by atoms with Crippen LogP contribution in [-0.2, 0) is 5.54 Å². The van der Waals surface area contributed by atoms with E-state index in [4.69, 9.17) is 16.7 Å². The van der Waals surface area contributed by atoms with Gasteiger partial charge in [-0.2, -0.15) is 0 Å². The Hall–Kier alpha value is -1.29. The first-order chi connectivity index (χ1) is 6.43. The SMILES string of the molecule is CC(C)(NC(=O)O)c1cccnc1Cl. The molecule has 0 spiro atoms. The van der Waals surface area contributed by atoms with E-state index in [2.05, 4.69) is 10.3 Å². The minimum absolute atomic E-state index is 0.311. The molecular formula is C9H11ClN2O2. The fraction of sp³-hybridized carbons (Fsp3) is 0.333. The molecule has 1 heterocycles. The van der Waals surface area contributed by atoms with Gasteiger partial charge in [0.25, 0.3) is 0 Å². The van der Waals surface area contributed by atoms with Gasteiger partial charge < -0.3 is 10.4 Å². The number of carbonyl (C=O) groups is 1. The van der Waals surface area contributed by atoms with Crippen LogP contribution >= 0.6 is 11.6 Å². The highest BCUT2D eigenvalue weighted by atomic mass is 35.5. The molecule has 1 aromatic rings. The van der Waals surface area contributed by atoms with Crippen molar-refractivity contribution in [2.45, 2.75) is 19.4 Å². The van der Waals surface area contributed by atoms with Gasteiger partial charge in [0.15, 0.2) is 0 Å². The Kier molecular flexibility index (Phi) is 2.96. The van der Waals surface area contributed by atoms with Crippen molar-refractivity contribution in [3.8, 4) is 0 Å². The Balaban J connectivity index is 3.03. The van der Waals surface area contributed by atoms with Crippen LogP contribution in [0.5, 0.6) is 0 Å². The van der Waals surface area contributed by atoms with Gasteiger partial charge in [-0.1, -0.05) is 17.7 Å². The molecule has 0 atom stereocenters. The van der Waals surface area contributed by atoms with Gasteiger partial charge in [-0.25, -0.2) is 9.78 Å². The predicted molar refractivity (Wildman–Crippen MR) is 53.4 cm³/mol. The van der Waals surface area contributed by atoms with Gasteiger partial charge in [-0.15, -0.1) is 0 Å². The number of aromatic nitrogens is 1. The van der Waals surface area contributed by atoms with Crippen molar-refractivity contribution in [3.63, 3.8) is 0 Å². The van der Waals surface area contributed by atoms with Crippen LogP contribution in [0.15, 0.2) is 18.3 Å². The van der Waals surface area contributed by atoms with E-state index in [0.29, 0.717) is 10.7 Å². The highest BCUT2D eigenvalue weighted by Crippen LogP contribution is 2.25. The van der Waals surface area contributed by atoms with Crippen LogP contribution in [0.2, 0.25) is 5.15 Å². The summed E-state index contributed by atoms with van der Waals surface area (Å²) < 4.78 is 0. The number of nitrogens with one attached hydrogen (secondary N) is 1. The Morgan fingerprint density at radius 3 is 2.79 bits per heavy atom. The number of nitrogens with zero attached hydrogens (tertiary/aromatic N) is 1. The first kappa shape index (κ1) is 10.8. The van der Waals surface area contributed by atoms with Gasteiger partial charge >= 0.3 is 6.09 Å². The van der Waals surface area contributed by atoms with Gasteiger partial charge in [-0.3, -0.25) is 0 Å². The van der Waals surface area contributed by atoms with Gasteiger partial charge in [0.1, 0.15) is 5.15 Å². The summed E-state index contributed by atoms with van der Waals surface area (Å²) in [7, 11) is 0. The van der Waals surface area contributed by atoms with E-state index in [1.54, 1.807) is 32.2 Å². The molecule has 0 aromatic carbocycles. The lowest BCUT2D eigenvalue weighted by Crippen LogP contribution is -2.40. The Morgan fingerprint density at radius 1 is 1.64 bits per heavy atom. The summed E-state index contributed by atoms with van der Waals surface area (Å²) in [6.45, 7) is 3.45. The predicted octanol–water partition coefficient (Wildman–Crippen LogP) is 2.24. The zero-order valence-electron chi connectivity index (χ0n) is 7.91. The number of hydrogen-bond acceptors (Lipinski definition) is 2. The lowest BCUT2D eigenvalue weighted by Gasteiger charge is -2.25. The zero-order chi connectivity index (χ0) is 10.8. The van der Waals surface area contributed by atoms with Crippen molar-refractivity contribution in [3.05, 3.63) is 29.0 Å². The second kappa shape index (κ2) is 3.84. The van der Waals surface area contributed by atoms with Crippen LogP contribution in [0.4, 0.5) is 4.79 Å². The third-order valence-electron chi connectivity index (χ3n) is 1.85. The summed E-state index contributed by atoms with van der Waals surface area (Å²) in [6.07, 6.45) is 0.470. The van der Waals surface area contributed by atoms with Crippen molar-refractivity contribution in [1.29, 1.82) is 0 Å². The van der Waals surface area contributed by atoms with Gasteiger partial charge in [0.05, 0.1) is 5.54 Å². The highest BCUT2D eigenvalue weighted by molar-refractivity contribution is 6.30. The molecule has 0 unspecified atom stereocenters. The van der Waals surface area contributed by atoms with Crippen LogP contribution in [0, 0.1) is 0 Å². The van der Waals surface area contributed by atoms with Gasteiger partial charge in [-0.05, 0) is 19.9 Å². The summed E-state index contributed by atoms with van der Waals surface area (Å²) in [5.74, 6) is 0. The molecule has 1 aromatic heterocycles. The molecule has 0 saturated carbocycles. The van der Waals surface area contributed by atoms with Crippen LogP contribution in [0.25, 0.3) is 0 Å². The molecule has 4 nitrogen and oxygen atoms in total. The van der Waals surface area contributed by atoms with E-state index < -0.39 is 11.6 Å². The average Bonchev–Trinajstić information content (AvgIpc) is 2.02. The highest BCUT2D eigenvalue weighted by Gasteiger charge is 2.25. The third-order valence-corrected chi connectivity index (χ3v) is 2.15. The monoisotopic (exact) mass is 214 g/mol. The van der Waals surface area contributed by atoms with E-state index in [9.17, 15) is 4.79 Å². The largest absolute Gasteiger partial charge is 0.465 e. The van der Waals surface area contributed by atoms with Crippen molar-refractivity contribution in [2.24, 2.45) is 0 Å². The van der Waals surface area contributed by atoms with E-state index in [1.807, 2.05) is 0 Å². The van der Waals surface area contributed by atoms with Crippen LogP contribution < -0.4 is 5.32 Å². The second-order valence-electron chi connectivity index (χ2n) is 3.40. The zero-order valence-corrected chi connectivity index (χ0v) is 8.67. The topological polar surface area (TPSA) is 62.2 Å². The smallest absolute Gasteiger partial charge is 0.405 e. The molecule has 5 heteroatoms. The number of amides is 1. The maximum absolute atomic E-state index is 10.5. The Labute approximate surface area is 86.9 Å². The fourth-order valence-electron chi connectivity index (χ4n) is 1.19. The molecule has 0 bridgehead atoms. The van der Waals surface area contributed by atoms with E-state index >= 15 is 0 Å². The first-order valence-electron chi connectivity index (χ1n) is 4.05. The van der Waals surface area contributed by atoms with Gasteiger partial charge in [0, 0.05) is 11.8 Å². The molecule has 1 amide bonds. The molecule has 14 heavy (non-hydrogen) atoms. The van der Waals surface area contributed by atoms with E-state index in [-0.39, 0.29) is 0 Å². The summed E-state index contributed by atoms with van der Waals surface area (Å²) in [5.41, 5.74) is -0.0824. The summed E-state index contributed by atoms with van der Waals surface area (Å²) in [5, 5.41) is 11.3. The maximum atomic E-state index is 10.5. The maximum Gasteiger partial charge on any atom is 0.405 e. The molecule has 0 aliphatic carbocycles. The average molecular weight is 215 g/mol. The lowest BCUT2D eigenvalue weighted by atomic mass is 9.96. The molecule has 0 aliphatic heterocycles. The normalized spacial score (nSPS) is 11.1. The Morgan fingerprint density at radius 2 is 2.29 bits per heavy atom. The summed E-state index contributed by atoms with van der Waals surface area (Å²) in [6, 6.07) is 3.46. The van der Waals surface area contributed by atoms with E-state index in [1.165, 1.54) is 0 Å². The van der Waals surface area contributed by atoms with Crippen LogP contribution in [0.3, 0.4) is 0 Å². The minimum atomic E-state index is -1.09. The summed E-state index contributed by atoms with van der Waals surface area (Å²) in [4.78, 5) is 14.4. The van der Waals surface area contributed by atoms with Gasteiger partial charge in [0.2, 0.25) is 0 Å². The molecule has 1 rings (SSSR count). The molecule has 0 radical (unpaired) electrons. The molecule has 0 fully saturated rings.